The third-order valence-electron chi connectivity index (χ3n) is 6.12. The lowest BCUT2D eigenvalue weighted by Crippen LogP contribution is -2.67. The maximum absolute atomic E-state index is 13.6. The lowest BCUT2D eigenvalue weighted by atomic mass is 9.86. The maximum Gasteiger partial charge on any atom is 0.264 e. The zero-order valence-corrected chi connectivity index (χ0v) is 24.4. The summed E-state index contributed by atoms with van der Waals surface area (Å²) in [6.45, 7) is 0. The second-order valence-corrected chi connectivity index (χ2v) is 11.3. The molecule has 2 heterocycles. The highest BCUT2D eigenvalue weighted by Crippen LogP contribution is 2.50. The van der Waals surface area contributed by atoms with Crippen molar-refractivity contribution in [2.24, 2.45) is 0 Å². The number of hydrogen-bond acceptors (Lipinski definition) is 4. The molecule has 3 aromatic carbocycles. The van der Waals surface area contributed by atoms with Crippen LogP contribution >= 0.6 is 85.5 Å². The van der Waals surface area contributed by atoms with Crippen LogP contribution in [0.3, 0.4) is 0 Å². The van der Waals surface area contributed by atoms with Crippen molar-refractivity contribution in [2.75, 3.05) is 12.0 Å². The highest BCUT2D eigenvalue weighted by molar-refractivity contribution is 9.10. The number of anilines is 1. The molecule has 2 aliphatic rings. The molecule has 37 heavy (non-hydrogen) atoms. The standard InChI is InChI=1S/C24H11BrCl6N2O4/c1-37-13-3-2-8(4-12(13)25)20-21(24(36)32(20)11-6-9(26)5-10(27)7-11)33-22(34)14-15(23(33)35)17(29)19(31)18(30)16(14)28/h2-7,20-21H,1H3/t20-,21+/m0/s1. The smallest absolute Gasteiger partial charge is 0.264 e. The summed E-state index contributed by atoms with van der Waals surface area (Å²) in [6, 6.07) is 7.73. The van der Waals surface area contributed by atoms with Crippen LogP contribution in [-0.4, -0.2) is 35.8 Å². The predicted octanol–water partition coefficient (Wildman–Crippen LogP) is 8.13. The number of β-lactam (4-membered cyclic amide) rings is 1. The minimum absolute atomic E-state index is 0.166. The first-order valence-electron chi connectivity index (χ1n) is 10.3. The molecule has 190 valence electrons. The van der Waals surface area contributed by atoms with Gasteiger partial charge in [0.2, 0.25) is 0 Å². The Hall–Kier alpha value is -1.71. The van der Waals surface area contributed by atoms with Crippen molar-refractivity contribution in [3.05, 3.63) is 87.7 Å². The van der Waals surface area contributed by atoms with Crippen LogP contribution in [0.4, 0.5) is 5.69 Å². The quantitative estimate of drug-likeness (QED) is 0.121. The zero-order chi connectivity index (χ0) is 26.9. The van der Waals surface area contributed by atoms with Crippen molar-refractivity contribution < 1.29 is 19.1 Å². The summed E-state index contributed by atoms with van der Waals surface area (Å²) in [4.78, 5) is 43.0. The number of fused-ring (bicyclic) bond motifs is 1. The van der Waals surface area contributed by atoms with E-state index < -0.39 is 29.8 Å². The van der Waals surface area contributed by atoms with E-state index in [-0.39, 0.29) is 31.2 Å². The summed E-state index contributed by atoms with van der Waals surface area (Å²) in [7, 11) is 1.51. The monoisotopic (exact) mass is 680 g/mol. The molecule has 1 saturated heterocycles. The van der Waals surface area contributed by atoms with E-state index in [1.54, 1.807) is 30.3 Å². The van der Waals surface area contributed by atoms with Crippen LogP contribution in [0.15, 0.2) is 40.9 Å². The van der Waals surface area contributed by atoms with Gasteiger partial charge in [0.25, 0.3) is 17.7 Å². The second kappa shape index (κ2) is 9.79. The van der Waals surface area contributed by atoms with E-state index in [2.05, 4.69) is 15.9 Å². The number of benzene rings is 3. The normalized spacial score (nSPS) is 18.9. The van der Waals surface area contributed by atoms with Gasteiger partial charge < -0.3 is 9.64 Å². The Kier molecular flexibility index (Phi) is 7.12. The van der Waals surface area contributed by atoms with Crippen molar-refractivity contribution in [2.45, 2.75) is 12.1 Å². The summed E-state index contributed by atoms with van der Waals surface area (Å²) in [6.07, 6.45) is 0. The molecule has 0 spiro atoms. The van der Waals surface area contributed by atoms with Gasteiger partial charge >= 0.3 is 0 Å². The van der Waals surface area contributed by atoms with Crippen LogP contribution in [0.2, 0.25) is 30.1 Å². The van der Waals surface area contributed by atoms with Gasteiger partial charge in [-0.25, -0.2) is 0 Å². The number of carbonyl (C=O) groups excluding carboxylic acids is 3. The molecule has 0 unspecified atom stereocenters. The van der Waals surface area contributed by atoms with Crippen LogP contribution in [0.1, 0.15) is 32.3 Å². The molecule has 0 bridgehead atoms. The number of hydrogen-bond donors (Lipinski definition) is 0. The van der Waals surface area contributed by atoms with E-state index in [1.807, 2.05) is 0 Å². The predicted molar refractivity (Wildman–Crippen MR) is 148 cm³/mol. The number of methoxy groups -OCH3 is 1. The van der Waals surface area contributed by atoms with Crippen molar-refractivity contribution in [3.8, 4) is 5.75 Å². The Bertz CT molecular complexity index is 1480. The molecule has 0 saturated carbocycles. The Labute approximate surface area is 249 Å². The van der Waals surface area contributed by atoms with Gasteiger partial charge in [-0.3, -0.25) is 19.3 Å². The summed E-state index contributed by atoms with van der Waals surface area (Å²) in [5, 5.41) is -0.169. The van der Waals surface area contributed by atoms with E-state index in [4.69, 9.17) is 74.3 Å². The molecule has 2 aliphatic heterocycles. The number of halogens is 7. The second-order valence-electron chi connectivity index (χ2n) is 8.11. The highest BCUT2D eigenvalue weighted by Gasteiger charge is 2.58. The Morgan fingerprint density at radius 1 is 0.730 bits per heavy atom. The Balaban J connectivity index is 1.66. The van der Waals surface area contributed by atoms with Crippen LogP contribution in [0.5, 0.6) is 5.75 Å². The minimum atomic E-state index is -1.24. The molecule has 0 aliphatic carbocycles. The molecule has 0 aromatic heterocycles. The average Bonchev–Trinajstić information content (AvgIpc) is 3.09. The third-order valence-corrected chi connectivity index (χ3v) is 8.98. The molecule has 3 aromatic rings. The van der Waals surface area contributed by atoms with E-state index in [0.29, 0.717) is 31.5 Å². The van der Waals surface area contributed by atoms with Crippen molar-refractivity contribution in [3.63, 3.8) is 0 Å². The van der Waals surface area contributed by atoms with E-state index in [0.717, 1.165) is 4.90 Å². The van der Waals surface area contributed by atoms with E-state index >= 15 is 0 Å². The van der Waals surface area contributed by atoms with Gasteiger partial charge in [-0.15, -0.1) is 0 Å². The van der Waals surface area contributed by atoms with Gasteiger partial charge in [0, 0.05) is 15.7 Å². The number of imide groups is 1. The Morgan fingerprint density at radius 2 is 1.27 bits per heavy atom. The average molecular weight is 684 g/mol. The van der Waals surface area contributed by atoms with Gasteiger partial charge in [0.1, 0.15) is 11.8 Å². The number of rotatable bonds is 4. The third kappa shape index (κ3) is 4.11. The van der Waals surface area contributed by atoms with Crippen LogP contribution in [-0.2, 0) is 4.79 Å². The van der Waals surface area contributed by atoms with Crippen LogP contribution in [0.25, 0.3) is 0 Å². The summed E-state index contributed by atoms with van der Waals surface area (Å²) < 4.78 is 5.91. The molecule has 1 fully saturated rings. The number of nitrogens with zero attached hydrogens (tertiary/aromatic N) is 2. The fourth-order valence-corrected chi connectivity index (χ4v) is 6.60. The summed E-state index contributed by atoms with van der Waals surface area (Å²) in [5.41, 5.74) is 0.559. The maximum atomic E-state index is 13.6. The molecule has 2 atom stereocenters. The molecular formula is C24H11BrCl6N2O4. The van der Waals surface area contributed by atoms with E-state index in [9.17, 15) is 14.4 Å². The molecule has 5 rings (SSSR count). The SMILES string of the molecule is COc1ccc([C@H]2[C@@H](N3C(=O)c4c(Cl)c(Cl)c(Cl)c(Cl)c4C3=O)C(=O)N2c2cc(Cl)cc(Cl)c2)cc1Br. The minimum Gasteiger partial charge on any atom is -0.496 e. The van der Waals surface area contributed by atoms with Crippen LogP contribution < -0.4 is 9.64 Å². The zero-order valence-electron chi connectivity index (χ0n) is 18.3. The van der Waals surface area contributed by atoms with Gasteiger partial charge in [-0.1, -0.05) is 75.7 Å². The number of amides is 3. The lowest BCUT2D eigenvalue weighted by Gasteiger charge is -2.50. The van der Waals surface area contributed by atoms with Crippen LogP contribution in [0, 0.1) is 0 Å². The first-order valence-corrected chi connectivity index (χ1v) is 13.4. The first kappa shape index (κ1) is 26.9. The Morgan fingerprint density at radius 3 is 1.76 bits per heavy atom. The van der Waals surface area contributed by atoms with Gasteiger partial charge in [0.05, 0.1) is 48.8 Å². The van der Waals surface area contributed by atoms with Gasteiger partial charge in [0.15, 0.2) is 0 Å². The number of carbonyl (C=O) groups is 3. The molecular weight excluding hydrogens is 673 g/mol. The largest absolute Gasteiger partial charge is 0.496 e. The molecule has 0 N–H and O–H groups in total. The van der Waals surface area contributed by atoms with Gasteiger partial charge in [-0.05, 0) is 51.8 Å². The van der Waals surface area contributed by atoms with Gasteiger partial charge in [-0.2, -0.15) is 0 Å². The first-order chi connectivity index (χ1) is 17.5. The highest BCUT2D eigenvalue weighted by atomic mass is 79.9. The summed E-state index contributed by atoms with van der Waals surface area (Å²) >= 11 is 40.7. The van der Waals surface area contributed by atoms with Crippen molar-refractivity contribution in [1.82, 2.24) is 4.90 Å². The van der Waals surface area contributed by atoms with Crippen molar-refractivity contribution >= 4 is 109 Å². The fraction of sp³-hybridized carbons (Fsp3) is 0.125. The number of ether oxygens (including phenoxy) is 1. The van der Waals surface area contributed by atoms with E-state index in [1.165, 1.54) is 18.1 Å². The molecule has 13 heteroatoms. The topological polar surface area (TPSA) is 66.9 Å². The fourth-order valence-electron chi connectivity index (χ4n) is 4.51. The summed E-state index contributed by atoms with van der Waals surface area (Å²) in [5.74, 6) is -1.63. The molecule has 3 amide bonds. The lowest BCUT2D eigenvalue weighted by molar-refractivity contribution is -0.130. The van der Waals surface area contributed by atoms with Crippen molar-refractivity contribution in [1.29, 1.82) is 0 Å². The molecule has 6 nitrogen and oxygen atoms in total. The molecule has 0 radical (unpaired) electrons.